The summed E-state index contributed by atoms with van der Waals surface area (Å²) >= 11 is 0. The molecule has 0 spiro atoms. The Morgan fingerprint density at radius 2 is 1.90 bits per heavy atom. The third-order valence-corrected chi connectivity index (χ3v) is 3.91. The minimum Gasteiger partial charge on any atom is -0.497 e. The van der Waals surface area contributed by atoms with Crippen LogP contribution in [0.4, 0.5) is 0 Å². The zero-order valence-electron chi connectivity index (χ0n) is 16.6. The summed E-state index contributed by atoms with van der Waals surface area (Å²) in [6.07, 6.45) is 3.60. The second-order valence-electron chi connectivity index (χ2n) is 6.57. The molecule has 0 radical (unpaired) electrons. The molecule has 150 valence electrons. The highest BCUT2D eigenvalue weighted by atomic mass is 16.5. The Morgan fingerprint density at radius 1 is 1.14 bits per heavy atom. The van der Waals surface area contributed by atoms with Gasteiger partial charge >= 0.3 is 0 Å². The average Bonchev–Trinajstić information content (AvgIpc) is 3.20. The average molecular weight is 393 g/mol. The molecule has 0 saturated heterocycles. The quantitative estimate of drug-likeness (QED) is 0.626. The lowest BCUT2D eigenvalue weighted by Crippen LogP contribution is -2.34. The predicted octanol–water partition coefficient (Wildman–Crippen LogP) is 3.82. The first kappa shape index (κ1) is 20.1. The van der Waals surface area contributed by atoms with Gasteiger partial charge in [0.15, 0.2) is 6.61 Å². The summed E-state index contributed by atoms with van der Waals surface area (Å²) in [7, 11) is 1.63. The van der Waals surface area contributed by atoms with Crippen LogP contribution in [0.15, 0.2) is 53.1 Å². The molecule has 0 bridgehead atoms. The first-order valence-electron chi connectivity index (χ1n) is 9.22. The molecular formula is C22H23N3O4. The molecule has 0 unspecified atom stereocenters. The second kappa shape index (κ2) is 9.54. The Bertz CT molecular complexity index is 978. The number of ether oxygens (including phenoxy) is 2. The number of benzene rings is 2. The van der Waals surface area contributed by atoms with E-state index < -0.39 is 0 Å². The van der Waals surface area contributed by atoms with Crippen molar-refractivity contribution in [2.75, 3.05) is 13.7 Å². The molecular weight excluding hydrogens is 370 g/mol. The Hall–Kier alpha value is -3.61. The molecule has 0 aliphatic heterocycles. The smallest absolute Gasteiger partial charge is 0.258 e. The molecule has 0 fully saturated rings. The lowest BCUT2D eigenvalue weighted by Gasteiger charge is -2.11. The normalized spacial score (nSPS) is 11.0. The number of hydrogen-bond acceptors (Lipinski definition) is 6. The summed E-state index contributed by atoms with van der Waals surface area (Å²) in [5.74, 6) is 1.87. The lowest BCUT2D eigenvalue weighted by atomic mass is 10.2. The molecule has 2 aromatic carbocycles. The Kier molecular flexibility index (Phi) is 6.63. The monoisotopic (exact) mass is 393 g/mol. The van der Waals surface area contributed by atoms with Gasteiger partial charge in [0.05, 0.1) is 12.7 Å². The van der Waals surface area contributed by atoms with Crippen LogP contribution in [0, 0.1) is 0 Å². The predicted molar refractivity (Wildman–Crippen MR) is 110 cm³/mol. The SMILES string of the molecule is COc1ccc(/C=C/c2nc(-c3ccccc3OCC(=O)NC(C)C)no2)cc1. The third-order valence-electron chi connectivity index (χ3n) is 3.91. The van der Waals surface area contributed by atoms with Crippen molar-refractivity contribution in [3.8, 4) is 22.9 Å². The Morgan fingerprint density at radius 3 is 2.62 bits per heavy atom. The van der Waals surface area contributed by atoms with E-state index >= 15 is 0 Å². The van der Waals surface area contributed by atoms with Crippen LogP contribution in [0.2, 0.25) is 0 Å². The standard InChI is InChI=1S/C22H23N3O4/c1-15(2)23-20(26)14-28-19-7-5-4-6-18(19)22-24-21(29-25-22)13-10-16-8-11-17(27-3)12-9-16/h4-13,15H,14H2,1-3H3,(H,23,26)/b13-10+. The van der Waals surface area contributed by atoms with Crippen LogP contribution in [0.25, 0.3) is 23.5 Å². The Balaban J connectivity index is 1.71. The number of amides is 1. The van der Waals surface area contributed by atoms with Crippen molar-refractivity contribution in [3.63, 3.8) is 0 Å². The summed E-state index contributed by atoms with van der Waals surface area (Å²) < 4.78 is 16.1. The maximum absolute atomic E-state index is 11.8. The van der Waals surface area contributed by atoms with Crippen molar-refractivity contribution in [1.82, 2.24) is 15.5 Å². The topological polar surface area (TPSA) is 86.5 Å². The first-order chi connectivity index (χ1) is 14.0. The molecule has 0 saturated carbocycles. The van der Waals surface area contributed by atoms with E-state index in [-0.39, 0.29) is 18.6 Å². The van der Waals surface area contributed by atoms with Gasteiger partial charge in [0.25, 0.3) is 11.8 Å². The highest BCUT2D eigenvalue weighted by Crippen LogP contribution is 2.27. The first-order valence-corrected chi connectivity index (χ1v) is 9.22. The van der Waals surface area contributed by atoms with Crippen molar-refractivity contribution >= 4 is 18.1 Å². The van der Waals surface area contributed by atoms with Crippen molar-refractivity contribution in [2.24, 2.45) is 0 Å². The van der Waals surface area contributed by atoms with Gasteiger partial charge in [-0.3, -0.25) is 4.79 Å². The molecule has 3 aromatic rings. The fourth-order valence-corrected chi connectivity index (χ4v) is 2.58. The molecule has 7 heteroatoms. The summed E-state index contributed by atoms with van der Waals surface area (Å²) in [5.41, 5.74) is 1.63. The van der Waals surface area contributed by atoms with Gasteiger partial charge in [0.2, 0.25) is 5.82 Å². The molecule has 1 aromatic heterocycles. The Labute approximate surface area is 169 Å². The molecule has 0 atom stereocenters. The number of rotatable bonds is 8. The van der Waals surface area contributed by atoms with E-state index in [1.54, 1.807) is 19.3 Å². The van der Waals surface area contributed by atoms with Gasteiger partial charge in [0, 0.05) is 12.1 Å². The molecule has 1 amide bonds. The van der Waals surface area contributed by atoms with Gasteiger partial charge in [-0.15, -0.1) is 0 Å². The molecule has 3 rings (SSSR count). The zero-order chi connectivity index (χ0) is 20.6. The van der Waals surface area contributed by atoms with Crippen LogP contribution < -0.4 is 14.8 Å². The fraction of sp³-hybridized carbons (Fsp3) is 0.227. The van der Waals surface area contributed by atoms with Crippen molar-refractivity contribution in [2.45, 2.75) is 19.9 Å². The van der Waals surface area contributed by atoms with Crippen molar-refractivity contribution < 1.29 is 18.8 Å². The van der Waals surface area contributed by atoms with Crippen LogP contribution in [0.1, 0.15) is 25.3 Å². The summed E-state index contributed by atoms with van der Waals surface area (Å²) in [6.45, 7) is 3.70. The van der Waals surface area contributed by atoms with Gasteiger partial charge in [-0.1, -0.05) is 29.4 Å². The summed E-state index contributed by atoms with van der Waals surface area (Å²) in [4.78, 5) is 16.2. The van der Waals surface area contributed by atoms with Crippen LogP contribution in [-0.4, -0.2) is 35.8 Å². The van der Waals surface area contributed by atoms with Crippen LogP contribution in [0.3, 0.4) is 0 Å². The second-order valence-corrected chi connectivity index (χ2v) is 6.57. The number of nitrogens with zero attached hydrogens (tertiary/aromatic N) is 2. The van der Waals surface area contributed by atoms with Crippen LogP contribution in [-0.2, 0) is 4.79 Å². The molecule has 1 heterocycles. The maximum atomic E-state index is 11.8. The van der Waals surface area contributed by atoms with Crippen molar-refractivity contribution in [1.29, 1.82) is 0 Å². The maximum Gasteiger partial charge on any atom is 0.258 e. The largest absolute Gasteiger partial charge is 0.497 e. The number of nitrogens with one attached hydrogen (secondary N) is 1. The molecule has 1 N–H and O–H groups in total. The van der Waals surface area contributed by atoms with Gasteiger partial charge < -0.3 is 19.3 Å². The molecule has 29 heavy (non-hydrogen) atoms. The number of carbonyl (C=O) groups excluding carboxylic acids is 1. The third kappa shape index (κ3) is 5.68. The number of methoxy groups -OCH3 is 1. The van der Waals surface area contributed by atoms with E-state index in [0.717, 1.165) is 11.3 Å². The number of para-hydroxylation sites is 1. The molecule has 7 nitrogen and oxygen atoms in total. The van der Waals surface area contributed by atoms with Crippen molar-refractivity contribution in [3.05, 3.63) is 60.0 Å². The summed E-state index contributed by atoms with van der Waals surface area (Å²) in [5, 5.41) is 6.81. The number of aromatic nitrogens is 2. The van der Waals surface area contributed by atoms with Gasteiger partial charge in [-0.05, 0) is 49.8 Å². The van der Waals surface area contributed by atoms with E-state index in [0.29, 0.717) is 23.0 Å². The van der Waals surface area contributed by atoms with Crippen LogP contribution >= 0.6 is 0 Å². The lowest BCUT2D eigenvalue weighted by molar-refractivity contribution is -0.123. The van der Waals surface area contributed by atoms with E-state index in [4.69, 9.17) is 14.0 Å². The molecule has 0 aliphatic carbocycles. The number of carbonyl (C=O) groups is 1. The van der Waals surface area contributed by atoms with E-state index in [1.165, 1.54) is 0 Å². The van der Waals surface area contributed by atoms with E-state index in [9.17, 15) is 4.79 Å². The highest BCUT2D eigenvalue weighted by Gasteiger charge is 2.13. The fourth-order valence-electron chi connectivity index (χ4n) is 2.58. The number of hydrogen-bond donors (Lipinski definition) is 1. The summed E-state index contributed by atoms with van der Waals surface area (Å²) in [6, 6.07) is 14.9. The van der Waals surface area contributed by atoms with E-state index in [2.05, 4.69) is 15.5 Å². The minimum atomic E-state index is -0.189. The van der Waals surface area contributed by atoms with Gasteiger partial charge in [-0.2, -0.15) is 4.98 Å². The van der Waals surface area contributed by atoms with E-state index in [1.807, 2.05) is 62.4 Å². The highest BCUT2D eigenvalue weighted by molar-refractivity contribution is 5.78. The van der Waals surface area contributed by atoms with Crippen LogP contribution in [0.5, 0.6) is 11.5 Å². The molecule has 0 aliphatic rings. The van der Waals surface area contributed by atoms with Gasteiger partial charge in [0.1, 0.15) is 11.5 Å². The minimum absolute atomic E-state index is 0.0543. The van der Waals surface area contributed by atoms with Gasteiger partial charge in [-0.25, -0.2) is 0 Å². The zero-order valence-corrected chi connectivity index (χ0v) is 16.6.